The summed E-state index contributed by atoms with van der Waals surface area (Å²) < 4.78 is 6.26. The zero-order valence-corrected chi connectivity index (χ0v) is 16.0. The molecule has 0 saturated carbocycles. The number of carbonyl (C=O) groups is 1. The summed E-state index contributed by atoms with van der Waals surface area (Å²) in [5, 5.41) is 3.39. The molecule has 24 heavy (non-hydrogen) atoms. The van der Waals surface area contributed by atoms with E-state index in [1.54, 1.807) is 0 Å². The number of benzene rings is 1. The maximum Gasteiger partial charge on any atom is 0.260 e. The molecule has 2 aliphatic heterocycles. The minimum absolute atomic E-state index is 0.0679. The van der Waals surface area contributed by atoms with Crippen LogP contribution in [0, 0.1) is 0 Å². The van der Waals surface area contributed by atoms with Crippen molar-refractivity contribution in [3.8, 4) is 5.75 Å². The number of amides is 1. The Morgan fingerprint density at radius 1 is 1.25 bits per heavy atom. The van der Waals surface area contributed by atoms with Crippen molar-refractivity contribution in [3.63, 3.8) is 0 Å². The predicted octanol–water partition coefficient (Wildman–Crippen LogP) is 3.14. The summed E-state index contributed by atoms with van der Waals surface area (Å²) in [7, 11) is 0. The van der Waals surface area contributed by atoms with Gasteiger partial charge in [-0.1, -0.05) is 12.1 Å². The second-order valence-corrected chi connectivity index (χ2v) is 9.08. The number of hydrogen-bond acceptors (Lipinski definition) is 5. The third-order valence-electron chi connectivity index (χ3n) is 4.70. The van der Waals surface area contributed by atoms with E-state index in [2.05, 4.69) is 31.3 Å². The average molecular weight is 367 g/mol. The summed E-state index contributed by atoms with van der Waals surface area (Å²) in [6, 6.07) is 8.77. The van der Waals surface area contributed by atoms with Crippen LogP contribution >= 0.6 is 23.5 Å². The minimum atomic E-state index is 0.0679. The van der Waals surface area contributed by atoms with Crippen molar-refractivity contribution < 1.29 is 9.53 Å². The number of ether oxygens (including phenoxy) is 1. The molecule has 1 aromatic carbocycles. The summed E-state index contributed by atoms with van der Waals surface area (Å²) in [6.07, 6.45) is 1.30. The van der Waals surface area contributed by atoms with Crippen LogP contribution in [0.15, 0.2) is 24.3 Å². The third-order valence-corrected chi connectivity index (χ3v) is 7.71. The summed E-state index contributed by atoms with van der Waals surface area (Å²) in [5.74, 6) is 3.32. The minimum Gasteiger partial charge on any atom is -0.484 e. The number of nitrogens with one attached hydrogen (secondary N) is 1. The van der Waals surface area contributed by atoms with Crippen molar-refractivity contribution in [2.45, 2.75) is 36.9 Å². The van der Waals surface area contributed by atoms with E-state index in [0.717, 1.165) is 18.8 Å². The molecule has 0 aromatic heterocycles. The van der Waals surface area contributed by atoms with Crippen LogP contribution in [-0.4, -0.2) is 54.1 Å². The lowest BCUT2D eigenvalue weighted by atomic mass is 10.1. The van der Waals surface area contributed by atoms with Gasteiger partial charge in [0, 0.05) is 25.2 Å². The molecular formula is C18H26N2O2S2. The Balaban J connectivity index is 1.51. The fraction of sp³-hybridized carbons (Fsp3) is 0.611. The first kappa shape index (κ1) is 18.0. The van der Waals surface area contributed by atoms with Gasteiger partial charge in [-0.3, -0.25) is 4.79 Å². The van der Waals surface area contributed by atoms with E-state index >= 15 is 0 Å². The number of thioether (sulfide) groups is 2. The molecule has 0 bridgehead atoms. The Morgan fingerprint density at radius 3 is 2.67 bits per heavy atom. The van der Waals surface area contributed by atoms with E-state index in [0.29, 0.717) is 10.6 Å². The second kappa shape index (κ2) is 8.50. The van der Waals surface area contributed by atoms with Crippen LogP contribution in [0.25, 0.3) is 0 Å². The van der Waals surface area contributed by atoms with Crippen molar-refractivity contribution in [2.75, 3.05) is 31.2 Å². The first-order valence-electron chi connectivity index (χ1n) is 8.64. The number of rotatable bonds is 4. The molecular weight excluding hydrogens is 340 g/mol. The van der Waals surface area contributed by atoms with Gasteiger partial charge in [0.2, 0.25) is 0 Å². The lowest BCUT2D eigenvalue weighted by Crippen LogP contribution is -2.58. The molecule has 132 valence electrons. The lowest BCUT2D eigenvalue weighted by Gasteiger charge is -2.38. The molecule has 2 fully saturated rings. The highest BCUT2D eigenvalue weighted by Crippen LogP contribution is 2.43. The summed E-state index contributed by atoms with van der Waals surface area (Å²) in [5.41, 5.74) is 1.34. The van der Waals surface area contributed by atoms with E-state index in [1.165, 1.54) is 23.5 Å². The van der Waals surface area contributed by atoms with Crippen molar-refractivity contribution in [2.24, 2.45) is 0 Å². The summed E-state index contributed by atoms with van der Waals surface area (Å²) in [4.78, 5) is 14.3. The Morgan fingerprint density at radius 2 is 1.96 bits per heavy atom. The molecule has 2 aliphatic rings. The van der Waals surface area contributed by atoms with E-state index in [1.807, 2.05) is 40.6 Å². The van der Waals surface area contributed by atoms with Crippen molar-refractivity contribution in [1.82, 2.24) is 10.2 Å². The van der Waals surface area contributed by atoms with Gasteiger partial charge in [-0.15, -0.1) is 23.5 Å². The highest BCUT2D eigenvalue weighted by Gasteiger charge is 2.28. The van der Waals surface area contributed by atoms with Crippen molar-refractivity contribution in [3.05, 3.63) is 29.8 Å². The van der Waals surface area contributed by atoms with Crippen LogP contribution in [0.2, 0.25) is 0 Å². The van der Waals surface area contributed by atoms with Gasteiger partial charge < -0.3 is 15.0 Å². The van der Waals surface area contributed by atoms with E-state index in [9.17, 15) is 4.79 Å². The predicted molar refractivity (Wildman–Crippen MR) is 103 cm³/mol. The van der Waals surface area contributed by atoms with Crippen LogP contribution < -0.4 is 10.1 Å². The van der Waals surface area contributed by atoms with Crippen LogP contribution in [0.4, 0.5) is 0 Å². The first-order chi connectivity index (χ1) is 11.6. The van der Waals surface area contributed by atoms with Gasteiger partial charge in [0.25, 0.3) is 5.91 Å². The number of piperazine rings is 1. The molecule has 2 atom stereocenters. The largest absolute Gasteiger partial charge is 0.484 e. The molecule has 0 radical (unpaired) electrons. The molecule has 4 nitrogen and oxygen atoms in total. The molecule has 0 aliphatic carbocycles. The van der Waals surface area contributed by atoms with Gasteiger partial charge in [0.05, 0.1) is 4.58 Å². The maximum atomic E-state index is 12.4. The molecule has 1 amide bonds. The van der Waals surface area contributed by atoms with Crippen LogP contribution in [0.3, 0.4) is 0 Å². The summed E-state index contributed by atoms with van der Waals surface area (Å²) >= 11 is 4.03. The Kier molecular flexibility index (Phi) is 6.36. The third kappa shape index (κ3) is 4.41. The molecule has 1 aromatic rings. The molecule has 1 N–H and O–H groups in total. The fourth-order valence-electron chi connectivity index (χ4n) is 3.04. The van der Waals surface area contributed by atoms with E-state index in [4.69, 9.17) is 4.74 Å². The van der Waals surface area contributed by atoms with Gasteiger partial charge in [0.15, 0.2) is 6.61 Å². The topological polar surface area (TPSA) is 41.6 Å². The molecule has 3 rings (SSSR count). The standard InChI is InChI=1S/C18H26N2O2S2/c1-13-14(2)20(9-8-19-13)17(21)12-22-16-6-4-15(5-7-16)18-23-10-3-11-24-18/h4-7,13-14,18-19H,3,8-12H2,1-2H3. The smallest absolute Gasteiger partial charge is 0.260 e. The number of hydrogen-bond donors (Lipinski definition) is 1. The normalized spacial score (nSPS) is 25.5. The zero-order chi connectivity index (χ0) is 16.9. The van der Waals surface area contributed by atoms with Gasteiger partial charge in [-0.25, -0.2) is 0 Å². The SMILES string of the molecule is CC1NCCN(C(=O)COc2ccc(C3SCCCS3)cc2)C1C. The Labute approximate surface area is 153 Å². The quantitative estimate of drug-likeness (QED) is 0.887. The Hall–Kier alpha value is -0.850. The fourth-order valence-corrected chi connectivity index (χ4v) is 5.93. The van der Waals surface area contributed by atoms with Gasteiger partial charge >= 0.3 is 0 Å². The summed E-state index contributed by atoms with van der Waals surface area (Å²) in [6.45, 7) is 5.92. The average Bonchev–Trinajstić information content (AvgIpc) is 2.63. The van der Waals surface area contributed by atoms with Crippen LogP contribution in [-0.2, 0) is 4.79 Å². The Bertz CT molecular complexity index is 546. The van der Waals surface area contributed by atoms with E-state index in [-0.39, 0.29) is 18.6 Å². The highest BCUT2D eigenvalue weighted by molar-refractivity contribution is 8.16. The molecule has 2 unspecified atom stereocenters. The van der Waals surface area contributed by atoms with Crippen molar-refractivity contribution in [1.29, 1.82) is 0 Å². The van der Waals surface area contributed by atoms with Gasteiger partial charge in [0.1, 0.15) is 5.75 Å². The highest BCUT2D eigenvalue weighted by atomic mass is 32.2. The van der Waals surface area contributed by atoms with E-state index < -0.39 is 0 Å². The molecule has 2 saturated heterocycles. The number of nitrogens with zero attached hydrogens (tertiary/aromatic N) is 1. The maximum absolute atomic E-state index is 12.4. The molecule has 6 heteroatoms. The van der Waals surface area contributed by atoms with Crippen LogP contribution in [0.1, 0.15) is 30.4 Å². The second-order valence-electron chi connectivity index (χ2n) is 6.36. The molecule has 0 spiro atoms. The van der Waals surface area contributed by atoms with Crippen LogP contribution in [0.5, 0.6) is 5.75 Å². The van der Waals surface area contributed by atoms with Gasteiger partial charge in [-0.05, 0) is 49.5 Å². The monoisotopic (exact) mass is 366 g/mol. The van der Waals surface area contributed by atoms with Gasteiger partial charge in [-0.2, -0.15) is 0 Å². The first-order valence-corrected chi connectivity index (χ1v) is 10.7. The lowest BCUT2D eigenvalue weighted by molar-refractivity contribution is -0.137. The number of carbonyl (C=O) groups excluding carboxylic acids is 1. The zero-order valence-electron chi connectivity index (χ0n) is 14.4. The molecule has 2 heterocycles. The van der Waals surface area contributed by atoms with Crippen molar-refractivity contribution >= 4 is 29.4 Å².